The van der Waals surface area contributed by atoms with Crippen LogP contribution in [0.1, 0.15) is 71.1 Å². The van der Waals surface area contributed by atoms with Gasteiger partial charge in [0.1, 0.15) is 0 Å². The van der Waals surface area contributed by atoms with Crippen molar-refractivity contribution in [3.8, 4) is 0 Å². The number of carboxylic acids is 1. The SMILES string of the molecule is C[C@@H](CCCC1CCCCC1)C[C@H](N)CC(=O)O. The Morgan fingerprint density at radius 3 is 2.61 bits per heavy atom. The van der Waals surface area contributed by atoms with Crippen molar-refractivity contribution in [1.29, 1.82) is 0 Å². The summed E-state index contributed by atoms with van der Waals surface area (Å²) in [4.78, 5) is 10.5. The number of hydrogen-bond acceptors (Lipinski definition) is 2. The Kier molecular flexibility index (Phi) is 7.33. The molecule has 3 N–H and O–H groups in total. The molecule has 106 valence electrons. The third kappa shape index (κ3) is 7.00. The van der Waals surface area contributed by atoms with E-state index in [0.29, 0.717) is 5.92 Å². The summed E-state index contributed by atoms with van der Waals surface area (Å²) in [6.07, 6.45) is 11.9. The summed E-state index contributed by atoms with van der Waals surface area (Å²) in [6.45, 7) is 2.20. The second kappa shape index (κ2) is 8.52. The van der Waals surface area contributed by atoms with Crippen LogP contribution in [0.4, 0.5) is 0 Å². The van der Waals surface area contributed by atoms with E-state index in [4.69, 9.17) is 10.8 Å². The van der Waals surface area contributed by atoms with E-state index in [0.717, 1.165) is 12.3 Å². The first kappa shape index (κ1) is 15.5. The van der Waals surface area contributed by atoms with Gasteiger partial charge in [0.05, 0.1) is 6.42 Å². The summed E-state index contributed by atoms with van der Waals surface area (Å²) in [5.41, 5.74) is 5.81. The van der Waals surface area contributed by atoms with Crippen LogP contribution in [0.3, 0.4) is 0 Å². The Labute approximate surface area is 111 Å². The van der Waals surface area contributed by atoms with Crippen molar-refractivity contribution >= 4 is 5.97 Å². The Balaban J connectivity index is 2.05. The van der Waals surface area contributed by atoms with E-state index in [1.54, 1.807) is 0 Å². The van der Waals surface area contributed by atoms with E-state index in [9.17, 15) is 4.79 Å². The molecule has 2 atom stereocenters. The van der Waals surface area contributed by atoms with E-state index in [-0.39, 0.29) is 12.5 Å². The minimum absolute atomic E-state index is 0.104. The quantitative estimate of drug-likeness (QED) is 0.697. The molecule has 3 nitrogen and oxygen atoms in total. The second-order valence-electron chi connectivity index (χ2n) is 6.13. The minimum atomic E-state index is -0.781. The molecular formula is C15H29NO2. The molecule has 1 aliphatic carbocycles. The predicted molar refractivity (Wildman–Crippen MR) is 74.4 cm³/mol. The average molecular weight is 255 g/mol. The number of nitrogens with two attached hydrogens (primary N) is 1. The number of carbonyl (C=O) groups is 1. The zero-order valence-electron chi connectivity index (χ0n) is 11.7. The van der Waals surface area contributed by atoms with Gasteiger partial charge in [0.25, 0.3) is 0 Å². The van der Waals surface area contributed by atoms with Crippen LogP contribution < -0.4 is 5.73 Å². The second-order valence-corrected chi connectivity index (χ2v) is 6.13. The van der Waals surface area contributed by atoms with Gasteiger partial charge in [-0.05, 0) is 18.3 Å². The van der Waals surface area contributed by atoms with Crippen LogP contribution in [-0.4, -0.2) is 17.1 Å². The lowest BCUT2D eigenvalue weighted by atomic mass is 9.84. The van der Waals surface area contributed by atoms with Gasteiger partial charge in [-0.2, -0.15) is 0 Å². The molecule has 1 fully saturated rings. The van der Waals surface area contributed by atoms with Gasteiger partial charge in [-0.3, -0.25) is 4.79 Å². The monoisotopic (exact) mass is 255 g/mol. The molecule has 1 aliphatic rings. The summed E-state index contributed by atoms with van der Waals surface area (Å²) >= 11 is 0. The normalized spacial score (nSPS) is 20.6. The summed E-state index contributed by atoms with van der Waals surface area (Å²) in [5.74, 6) is 0.735. The first-order valence-electron chi connectivity index (χ1n) is 7.55. The molecule has 0 amide bonds. The highest BCUT2D eigenvalue weighted by Gasteiger charge is 2.15. The highest BCUT2D eigenvalue weighted by atomic mass is 16.4. The number of hydrogen-bond donors (Lipinski definition) is 2. The van der Waals surface area contributed by atoms with Gasteiger partial charge in [0.2, 0.25) is 0 Å². The lowest BCUT2D eigenvalue weighted by Gasteiger charge is -2.22. The maximum absolute atomic E-state index is 10.5. The fourth-order valence-corrected chi connectivity index (χ4v) is 3.17. The number of rotatable bonds is 8. The summed E-state index contributed by atoms with van der Waals surface area (Å²) in [5, 5.41) is 8.66. The molecular weight excluding hydrogens is 226 g/mol. The van der Waals surface area contributed by atoms with Crippen LogP contribution in [0, 0.1) is 11.8 Å². The van der Waals surface area contributed by atoms with Crippen LogP contribution in [-0.2, 0) is 4.79 Å². The molecule has 3 heteroatoms. The molecule has 0 heterocycles. The van der Waals surface area contributed by atoms with E-state index in [2.05, 4.69) is 6.92 Å². The Morgan fingerprint density at radius 2 is 2.00 bits per heavy atom. The zero-order valence-corrected chi connectivity index (χ0v) is 11.7. The minimum Gasteiger partial charge on any atom is -0.481 e. The topological polar surface area (TPSA) is 63.3 Å². The number of aliphatic carboxylic acids is 1. The summed E-state index contributed by atoms with van der Waals surface area (Å²) < 4.78 is 0. The molecule has 1 saturated carbocycles. The molecule has 0 saturated heterocycles. The molecule has 0 aromatic heterocycles. The van der Waals surface area contributed by atoms with Crippen LogP contribution in [0.5, 0.6) is 0 Å². The highest BCUT2D eigenvalue weighted by Crippen LogP contribution is 2.28. The number of carboxylic acid groups (broad SMARTS) is 1. The molecule has 0 radical (unpaired) electrons. The van der Waals surface area contributed by atoms with E-state index in [1.165, 1.54) is 51.4 Å². The van der Waals surface area contributed by atoms with E-state index >= 15 is 0 Å². The van der Waals surface area contributed by atoms with Crippen LogP contribution in [0.15, 0.2) is 0 Å². The van der Waals surface area contributed by atoms with Crippen molar-refractivity contribution in [3.63, 3.8) is 0 Å². The van der Waals surface area contributed by atoms with E-state index < -0.39 is 5.97 Å². The average Bonchev–Trinajstić information content (AvgIpc) is 2.29. The predicted octanol–water partition coefficient (Wildman–Crippen LogP) is 3.57. The van der Waals surface area contributed by atoms with Gasteiger partial charge < -0.3 is 10.8 Å². The first-order valence-corrected chi connectivity index (χ1v) is 7.55. The van der Waals surface area contributed by atoms with Crippen LogP contribution >= 0.6 is 0 Å². The maximum Gasteiger partial charge on any atom is 0.304 e. The highest BCUT2D eigenvalue weighted by molar-refractivity contribution is 5.67. The van der Waals surface area contributed by atoms with Crippen molar-refractivity contribution in [2.24, 2.45) is 17.6 Å². The van der Waals surface area contributed by atoms with Crippen molar-refractivity contribution < 1.29 is 9.90 Å². The zero-order chi connectivity index (χ0) is 13.4. The van der Waals surface area contributed by atoms with Gasteiger partial charge in [-0.15, -0.1) is 0 Å². The van der Waals surface area contributed by atoms with E-state index in [1.807, 2.05) is 0 Å². The smallest absolute Gasteiger partial charge is 0.304 e. The standard InChI is InChI=1S/C15H29NO2/c1-12(10-14(16)11-15(17)18)6-5-9-13-7-3-2-4-8-13/h12-14H,2-11,16H2,1H3,(H,17,18)/t12-,14-/m0/s1. The summed E-state index contributed by atoms with van der Waals surface area (Å²) in [7, 11) is 0. The third-order valence-corrected chi connectivity index (χ3v) is 4.18. The molecule has 0 bridgehead atoms. The molecule has 18 heavy (non-hydrogen) atoms. The van der Waals surface area contributed by atoms with Crippen molar-refractivity contribution in [1.82, 2.24) is 0 Å². The van der Waals surface area contributed by atoms with Gasteiger partial charge in [-0.25, -0.2) is 0 Å². The van der Waals surface area contributed by atoms with Crippen molar-refractivity contribution in [2.75, 3.05) is 0 Å². The molecule has 0 aliphatic heterocycles. The fraction of sp³-hybridized carbons (Fsp3) is 0.933. The summed E-state index contributed by atoms with van der Waals surface area (Å²) in [6, 6.07) is -0.174. The van der Waals surface area contributed by atoms with Gasteiger partial charge in [-0.1, -0.05) is 58.3 Å². The molecule has 0 aromatic rings. The van der Waals surface area contributed by atoms with Crippen LogP contribution in [0.25, 0.3) is 0 Å². The molecule has 1 rings (SSSR count). The molecule has 0 unspecified atom stereocenters. The van der Waals surface area contributed by atoms with Crippen molar-refractivity contribution in [3.05, 3.63) is 0 Å². The largest absolute Gasteiger partial charge is 0.481 e. The Bertz CT molecular complexity index is 237. The third-order valence-electron chi connectivity index (χ3n) is 4.18. The Morgan fingerprint density at radius 1 is 1.33 bits per heavy atom. The lowest BCUT2D eigenvalue weighted by molar-refractivity contribution is -0.137. The van der Waals surface area contributed by atoms with Crippen LogP contribution in [0.2, 0.25) is 0 Å². The van der Waals surface area contributed by atoms with Gasteiger partial charge >= 0.3 is 5.97 Å². The molecule has 0 aromatic carbocycles. The van der Waals surface area contributed by atoms with Gasteiger partial charge in [0.15, 0.2) is 0 Å². The lowest BCUT2D eigenvalue weighted by Crippen LogP contribution is -2.26. The fourth-order valence-electron chi connectivity index (χ4n) is 3.17. The first-order chi connectivity index (χ1) is 8.58. The maximum atomic E-state index is 10.5. The molecule has 0 spiro atoms. The van der Waals surface area contributed by atoms with Gasteiger partial charge in [0, 0.05) is 6.04 Å². The Hall–Kier alpha value is -0.570. The van der Waals surface area contributed by atoms with Crippen molar-refractivity contribution in [2.45, 2.75) is 77.2 Å².